The largest absolute Gasteiger partial charge is 0.451 e. The molecule has 0 saturated heterocycles. The van der Waals surface area contributed by atoms with Crippen molar-refractivity contribution in [2.24, 2.45) is 0 Å². The number of Topliss-reactive ketones (excluding diaryl/α,β-unsaturated/α-hetero) is 1. The summed E-state index contributed by atoms with van der Waals surface area (Å²) < 4.78 is 40.1. The first kappa shape index (κ1) is 24.2. The molecule has 1 atom stereocenters. The molecule has 1 heterocycles. The normalized spacial score (nSPS) is 13.9. The average Bonchev–Trinajstić information content (AvgIpc) is 2.67. The van der Waals surface area contributed by atoms with Crippen LogP contribution in [0.3, 0.4) is 0 Å². The molecule has 1 aromatic carbocycles. The van der Waals surface area contributed by atoms with Crippen LogP contribution in [-0.2, 0) is 6.18 Å². The zero-order chi connectivity index (χ0) is 22.7. The zero-order valence-electron chi connectivity index (χ0n) is 18.5. The summed E-state index contributed by atoms with van der Waals surface area (Å²) in [5.41, 5.74) is 1.35. The van der Waals surface area contributed by atoms with Crippen molar-refractivity contribution in [3.63, 3.8) is 0 Å². The maximum Gasteiger partial charge on any atom is 0.451 e. The van der Waals surface area contributed by atoms with Gasteiger partial charge in [0.25, 0.3) is 0 Å². The Morgan fingerprint density at radius 1 is 0.933 bits per heavy atom. The number of carbonyl (C=O) groups excluding carboxylic acids is 1. The SMILES string of the molecule is CC(C)[Si](C(C)C)(C(C)C)C(CC(=O)c1ccccc1)c1ccnc(C(F)(F)F)n1. The van der Waals surface area contributed by atoms with E-state index in [-0.39, 0.29) is 34.4 Å². The van der Waals surface area contributed by atoms with Crippen molar-refractivity contribution in [3.05, 3.63) is 59.7 Å². The quantitative estimate of drug-likeness (QED) is 0.328. The molecule has 3 nitrogen and oxygen atoms in total. The number of benzene rings is 1. The minimum Gasteiger partial charge on any atom is -0.294 e. The zero-order valence-corrected chi connectivity index (χ0v) is 19.5. The summed E-state index contributed by atoms with van der Waals surface area (Å²) in [4.78, 5) is 20.6. The van der Waals surface area contributed by atoms with Gasteiger partial charge in [-0.2, -0.15) is 13.2 Å². The number of ketones is 1. The van der Waals surface area contributed by atoms with Crippen LogP contribution >= 0.6 is 0 Å². The van der Waals surface area contributed by atoms with Gasteiger partial charge in [0.1, 0.15) is 0 Å². The van der Waals surface area contributed by atoms with Gasteiger partial charge >= 0.3 is 6.18 Å². The fourth-order valence-electron chi connectivity index (χ4n) is 5.38. The molecule has 1 aromatic heterocycles. The van der Waals surface area contributed by atoms with Crippen molar-refractivity contribution in [2.45, 2.75) is 76.3 Å². The van der Waals surface area contributed by atoms with Gasteiger partial charge in [0, 0.05) is 29.4 Å². The molecule has 30 heavy (non-hydrogen) atoms. The number of hydrogen-bond acceptors (Lipinski definition) is 3. The van der Waals surface area contributed by atoms with Crippen LogP contribution in [0.2, 0.25) is 16.6 Å². The Morgan fingerprint density at radius 2 is 1.47 bits per heavy atom. The summed E-state index contributed by atoms with van der Waals surface area (Å²) >= 11 is 0. The molecule has 0 bridgehead atoms. The van der Waals surface area contributed by atoms with Gasteiger partial charge in [-0.15, -0.1) is 0 Å². The van der Waals surface area contributed by atoms with Crippen LogP contribution in [0.4, 0.5) is 13.2 Å². The van der Waals surface area contributed by atoms with Crippen LogP contribution in [0.1, 0.15) is 75.4 Å². The molecule has 0 radical (unpaired) electrons. The van der Waals surface area contributed by atoms with Crippen molar-refractivity contribution < 1.29 is 18.0 Å². The second kappa shape index (κ2) is 9.41. The summed E-state index contributed by atoms with van der Waals surface area (Å²) in [5.74, 6) is -1.21. The van der Waals surface area contributed by atoms with E-state index >= 15 is 0 Å². The summed E-state index contributed by atoms with van der Waals surface area (Å²) in [5, 5.41) is 0. The monoisotopic (exact) mass is 436 g/mol. The maximum absolute atomic E-state index is 13.4. The Labute approximate surface area is 178 Å². The van der Waals surface area contributed by atoms with Crippen molar-refractivity contribution >= 4 is 13.9 Å². The lowest BCUT2D eigenvalue weighted by molar-refractivity contribution is -0.145. The van der Waals surface area contributed by atoms with Gasteiger partial charge < -0.3 is 0 Å². The highest BCUT2D eigenvalue weighted by Crippen LogP contribution is 2.51. The van der Waals surface area contributed by atoms with E-state index < -0.39 is 20.1 Å². The summed E-state index contributed by atoms with van der Waals surface area (Å²) in [6, 6.07) is 10.5. The van der Waals surface area contributed by atoms with Crippen molar-refractivity contribution in [1.82, 2.24) is 9.97 Å². The van der Waals surface area contributed by atoms with Crippen molar-refractivity contribution in [3.8, 4) is 0 Å². The van der Waals surface area contributed by atoms with Gasteiger partial charge in [-0.25, -0.2) is 9.97 Å². The highest BCUT2D eigenvalue weighted by molar-refractivity contribution is 6.84. The van der Waals surface area contributed by atoms with Crippen LogP contribution < -0.4 is 0 Å². The van der Waals surface area contributed by atoms with Crippen molar-refractivity contribution in [2.75, 3.05) is 0 Å². The molecule has 0 spiro atoms. The van der Waals surface area contributed by atoms with E-state index in [9.17, 15) is 18.0 Å². The Morgan fingerprint density at radius 3 is 1.93 bits per heavy atom. The third-order valence-electron chi connectivity index (χ3n) is 6.38. The summed E-state index contributed by atoms with van der Waals surface area (Å²) in [6.45, 7) is 12.8. The first-order valence-corrected chi connectivity index (χ1v) is 12.7. The lowest BCUT2D eigenvalue weighted by Crippen LogP contribution is -2.51. The lowest BCUT2D eigenvalue weighted by Gasteiger charge is -2.48. The van der Waals surface area contributed by atoms with E-state index in [2.05, 4.69) is 51.5 Å². The highest BCUT2D eigenvalue weighted by atomic mass is 28.3. The Bertz CT molecular complexity index is 829. The van der Waals surface area contributed by atoms with Crippen LogP contribution in [0.5, 0.6) is 0 Å². The molecule has 0 N–H and O–H groups in total. The first-order chi connectivity index (χ1) is 13.9. The van der Waals surface area contributed by atoms with Crippen molar-refractivity contribution in [1.29, 1.82) is 0 Å². The minimum atomic E-state index is -4.62. The molecule has 0 amide bonds. The molecule has 2 aromatic rings. The van der Waals surface area contributed by atoms with Gasteiger partial charge in [0.15, 0.2) is 5.78 Å². The smallest absolute Gasteiger partial charge is 0.294 e. The second-order valence-corrected chi connectivity index (χ2v) is 15.0. The van der Waals surface area contributed by atoms with Crippen LogP contribution in [0.15, 0.2) is 42.6 Å². The summed E-state index contributed by atoms with van der Waals surface area (Å²) in [6.07, 6.45) is -3.30. The minimum absolute atomic E-state index is 0.0633. The Balaban J connectivity index is 2.67. The number of halogens is 3. The molecule has 1 unspecified atom stereocenters. The van der Waals surface area contributed by atoms with E-state index in [0.717, 1.165) is 0 Å². The van der Waals surface area contributed by atoms with Gasteiger partial charge in [-0.05, 0) is 6.07 Å². The third kappa shape index (κ3) is 4.82. The molecule has 7 heteroatoms. The average molecular weight is 437 g/mol. The standard InChI is InChI=1S/C23H31F3N2OSi/c1-15(2)30(16(3)4,17(5)6)21(14-20(29)18-10-8-7-9-11-18)19-12-13-27-22(28-19)23(24,25)26/h7-13,15-17,21H,14H2,1-6H3. The lowest BCUT2D eigenvalue weighted by atomic mass is 10.0. The predicted molar refractivity (Wildman–Crippen MR) is 116 cm³/mol. The van der Waals surface area contributed by atoms with Crippen LogP contribution in [-0.4, -0.2) is 23.8 Å². The van der Waals surface area contributed by atoms with E-state index in [4.69, 9.17) is 0 Å². The van der Waals surface area contributed by atoms with Gasteiger partial charge in [0.2, 0.25) is 5.82 Å². The third-order valence-corrected chi connectivity index (χ3v) is 14.1. The molecule has 0 aliphatic heterocycles. The van der Waals surface area contributed by atoms with E-state index in [1.54, 1.807) is 30.3 Å². The number of alkyl halides is 3. The highest BCUT2D eigenvalue weighted by Gasteiger charge is 2.51. The number of aromatic nitrogens is 2. The summed E-state index contributed by atoms with van der Waals surface area (Å²) in [7, 11) is -2.35. The topological polar surface area (TPSA) is 42.9 Å². The van der Waals surface area contributed by atoms with Crippen LogP contribution in [0.25, 0.3) is 0 Å². The maximum atomic E-state index is 13.4. The Hall–Kier alpha value is -2.02. The van der Waals surface area contributed by atoms with Crippen LogP contribution in [0, 0.1) is 0 Å². The second-order valence-electron chi connectivity index (χ2n) is 8.81. The van der Waals surface area contributed by atoms with Gasteiger partial charge in [-0.1, -0.05) is 88.5 Å². The number of rotatable bonds is 8. The molecule has 2 rings (SSSR count). The predicted octanol–water partition coefficient (Wildman–Crippen LogP) is 7.07. The Kier molecular flexibility index (Phi) is 7.61. The van der Waals surface area contributed by atoms with Gasteiger partial charge in [-0.3, -0.25) is 4.79 Å². The van der Waals surface area contributed by atoms with Gasteiger partial charge in [0.05, 0.1) is 8.07 Å². The molecule has 0 saturated carbocycles. The molecule has 0 aliphatic rings. The molecule has 0 fully saturated rings. The molecule has 0 aliphatic carbocycles. The fraction of sp³-hybridized carbons (Fsp3) is 0.522. The number of nitrogens with zero attached hydrogens (tertiary/aromatic N) is 2. The van der Waals surface area contributed by atoms with E-state index in [1.165, 1.54) is 6.20 Å². The number of hydrogen-bond donors (Lipinski definition) is 0. The molecular formula is C23H31F3N2OSi. The van der Waals surface area contributed by atoms with E-state index in [0.29, 0.717) is 11.3 Å². The first-order valence-electron chi connectivity index (χ1n) is 10.4. The molecule has 164 valence electrons. The van der Waals surface area contributed by atoms with E-state index in [1.807, 2.05) is 6.07 Å². The molecular weight excluding hydrogens is 405 g/mol. The number of carbonyl (C=O) groups is 1. The fourth-order valence-corrected chi connectivity index (χ4v) is 13.0.